The first kappa shape index (κ1) is 13.9. The molecule has 0 spiro atoms. The zero-order valence-corrected chi connectivity index (χ0v) is 11.4. The molecule has 3 nitrogen and oxygen atoms in total. The van der Waals surface area contributed by atoms with Crippen LogP contribution in [0.15, 0.2) is 0 Å². The molecule has 0 aliphatic carbocycles. The molecule has 0 aromatic rings. The second kappa shape index (κ2) is 6.58. The zero-order valence-electron chi connectivity index (χ0n) is 11.4. The van der Waals surface area contributed by atoms with Crippen LogP contribution in [-0.4, -0.2) is 56.1 Å². The molecule has 1 saturated heterocycles. The van der Waals surface area contributed by atoms with Crippen molar-refractivity contribution in [2.75, 3.05) is 34.2 Å². The zero-order chi connectivity index (χ0) is 12.1. The third-order valence-electron chi connectivity index (χ3n) is 3.79. The normalized spacial score (nSPS) is 27.0. The molecule has 0 aromatic heterocycles. The highest BCUT2D eigenvalue weighted by atomic mass is 15.1. The molecule has 16 heavy (non-hydrogen) atoms. The Labute approximate surface area is 101 Å². The summed E-state index contributed by atoms with van der Waals surface area (Å²) in [6.07, 6.45) is 5.11. The van der Waals surface area contributed by atoms with E-state index in [1.807, 2.05) is 0 Å². The average Bonchev–Trinajstić information content (AvgIpc) is 2.17. The standard InChI is InChI=1S/C13H29N3/c1-11(14)7-8-13(15(2)3)12-6-5-9-16(4)10-12/h11-13H,5-10,14H2,1-4H3. The van der Waals surface area contributed by atoms with E-state index < -0.39 is 0 Å². The number of hydrogen-bond acceptors (Lipinski definition) is 3. The molecular formula is C13H29N3. The van der Waals surface area contributed by atoms with Gasteiger partial charge in [-0.05, 0) is 66.2 Å². The first-order valence-corrected chi connectivity index (χ1v) is 6.61. The fourth-order valence-electron chi connectivity index (χ4n) is 2.87. The SMILES string of the molecule is CC(N)CCC(C1CCCN(C)C1)N(C)C. The summed E-state index contributed by atoms with van der Waals surface area (Å²) >= 11 is 0. The van der Waals surface area contributed by atoms with Crippen molar-refractivity contribution in [2.24, 2.45) is 11.7 Å². The van der Waals surface area contributed by atoms with E-state index in [1.54, 1.807) is 0 Å². The molecule has 3 heteroatoms. The lowest BCUT2D eigenvalue weighted by atomic mass is 9.87. The van der Waals surface area contributed by atoms with Crippen molar-refractivity contribution in [2.45, 2.75) is 44.7 Å². The summed E-state index contributed by atoms with van der Waals surface area (Å²) < 4.78 is 0. The highest BCUT2D eigenvalue weighted by Gasteiger charge is 2.27. The van der Waals surface area contributed by atoms with Crippen LogP contribution in [0.4, 0.5) is 0 Å². The van der Waals surface area contributed by atoms with Crippen LogP contribution < -0.4 is 5.73 Å². The summed E-state index contributed by atoms with van der Waals surface area (Å²) in [5.41, 5.74) is 5.87. The Bertz CT molecular complexity index is 192. The van der Waals surface area contributed by atoms with Crippen molar-refractivity contribution < 1.29 is 0 Å². The predicted molar refractivity (Wildman–Crippen MR) is 70.6 cm³/mol. The minimum absolute atomic E-state index is 0.337. The average molecular weight is 227 g/mol. The quantitative estimate of drug-likeness (QED) is 0.770. The van der Waals surface area contributed by atoms with E-state index in [2.05, 4.69) is 37.9 Å². The molecule has 0 aromatic carbocycles. The molecule has 3 atom stereocenters. The largest absolute Gasteiger partial charge is 0.328 e. The number of rotatable bonds is 5. The third kappa shape index (κ3) is 4.40. The van der Waals surface area contributed by atoms with Crippen LogP contribution in [0.3, 0.4) is 0 Å². The van der Waals surface area contributed by atoms with E-state index in [9.17, 15) is 0 Å². The molecule has 1 rings (SSSR count). The van der Waals surface area contributed by atoms with Gasteiger partial charge in [-0.25, -0.2) is 0 Å². The number of nitrogens with two attached hydrogens (primary N) is 1. The molecule has 0 amide bonds. The maximum absolute atomic E-state index is 5.87. The first-order valence-electron chi connectivity index (χ1n) is 6.61. The molecule has 1 aliphatic heterocycles. The lowest BCUT2D eigenvalue weighted by Gasteiger charge is -2.38. The van der Waals surface area contributed by atoms with Gasteiger partial charge < -0.3 is 15.5 Å². The lowest BCUT2D eigenvalue weighted by Crippen LogP contribution is -2.44. The Morgan fingerprint density at radius 1 is 1.38 bits per heavy atom. The number of hydrogen-bond donors (Lipinski definition) is 1. The molecule has 1 fully saturated rings. The van der Waals surface area contributed by atoms with Crippen molar-refractivity contribution in [1.82, 2.24) is 9.80 Å². The van der Waals surface area contributed by atoms with E-state index in [-0.39, 0.29) is 0 Å². The summed E-state index contributed by atoms with van der Waals surface area (Å²) in [5.74, 6) is 0.826. The Morgan fingerprint density at radius 3 is 2.56 bits per heavy atom. The van der Waals surface area contributed by atoms with Crippen molar-refractivity contribution in [3.63, 3.8) is 0 Å². The molecule has 2 N–H and O–H groups in total. The topological polar surface area (TPSA) is 32.5 Å². The van der Waals surface area contributed by atoms with Gasteiger partial charge in [-0.15, -0.1) is 0 Å². The van der Waals surface area contributed by atoms with Crippen molar-refractivity contribution in [3.8, 4) is 0 Å². The third-order valence-corrected chi connectivity index (χ3v) is 3.79. The minimum Gasteiger partial charge on any atom is -0.328 e. The van der Waals surface area contributed by atoms with Gasteiger partial charge in [-0.3, -0.25) is 0 Å². The van der Waals surface area contributed by atoms with Gasteiger partial charge in [0.2, 0.25) is 0 Å². The Balaban J connectivity index is 2.48. The maximum Gasteiger partial charge on any atom is 0.0130 e. The van der Waals surface area contributed by atoms with Crippen LogP contribution in [0, 0.1) is 5.92 Å². The number of likely N-dealkylation sites (tertiary alicyclic amines) is 1. The monoisotopic (exact) mass is 227 g/mol. The van der Waals surface area contributed by atoms with E-state index in [0.717, 1.165) is 12.3 Å². The minimum atomic E-state index is 0.337. The maximum atomic E-state index is 5.87. The lowest BCUT2D eigenvalue weighted by molar-refractivity contribution is 0.113. The van der Waals surface area contributed by atoms with E-state index in [1.165, 1.54) is 32.4 Å². The Kier molecular flexibility index (Phi) is 5.73. The van der Waals surface area contributed by atoms with Gasteiger partial charge in [0.25, 0.3) is 0 Å². The van der Waals surface area contributed by atoms with Gasteiger partial charge >= 0.3 is 0 Å². The van der Waals surface area contributed by atoms with Crippen LogP contribution in [0.25, 0.3) is 0 Å². The van der Waals surface area contributed by atoms with Crippen LogP contribution in [0.1, 0.15) is 32.6 Å². The van der Waals surface area contributed by atoms with Gasteiger partial charge in [-0.2, -0.15) is 0 Å². The van der Waals surface area contributed by atoms with Crippen LogP contribution >= 0.6 is 0 Å². The van der Waals surface area contributed by atoms with E-state index in [4.69, 9.17) is 5.73 Å². The van der Waals surface area contributed by atoms with Crippen molar-refractivity contribution in [3.05, 3.63) is 0 Å². The Morgan fingerprint density at radius 2 is 2.06 bits per heavy atom. The number of nitrogens with zero attached hydrogens (tertiary/aromatic N) is 2. The van der Waals surface area contributed by atoms with Crippen LogP contribution in [0.2, 0.25) is 0 Å². The summed E-state index contributed by atoms with van der Waals surface area (Å²) in [5, 5.41) is 0. The fraction of sp³-hybridized carbons (Fsp3) is 1.00. The second-order valence-electron chi connectivity index (χ2n) is 5.75. The summed E-state index contributed by atoms with van der Waals surface area (Å²) in [4.78, 5) is 4.86. The molecule has 0 bridgehead atoms. The molecular weight excluding hydrogens is 198 g/mol. The smallest absolute Gasteiger partial charge is 0.0130 e. The molecule has 3 unspecified atom stereocenters. The molecule has 1 aliphatic rings. The summed E-state index contributed by atoms with van der Waals surface area (Å²) in [6, 6.07) is 1.04. The van der Waals surface area contributed by atoms with Gasteiger partial charge in [-0.1, -0.05) is 0 Å². The van der Waals surface area contributed by atoms with Gasteiger partial charge in [0.05, 0.1) is 0 Å². The highest BCUT2D eigenvalue weighted by Crippen LogP contribution is 2.24. The molecule has 0 radical (unpaired) electrons. The fourth-order valence-corrected chi connectivity index (χ4v) is 2.87. The first-order chi connectivity index (χ1) is 7.50. The van der Waals surface area contributed by atoms with Gasteiger partial charge in [0.15, 0.2) is 0 Å². The number of piperidine rings is 1. The van der Waals surface area contributed by atoms with E-state index in [0.29, 0.717) is 12.1 Å². The van der Waals surface area contributed by atoms with Gasteiger partial charge in [0.1, 0.15) is 0 Å². The summed E-state index contributed by atoms with van der Waals surface area (Å²) in [6.45, 7) is 4.63. The molecule has 0 saturated carbocycles. The Hall–Kier alpha value is -0.120. The van der Waals surface area contributed by atoms with Crippen LogP contribution in [0.5, 0.6) is 0 Å². The molecule has 96 valence electrons. The van der Waals surface area contributed by atoms with E-state index >= 15 is 0 Å². The predicted octanol–water partition coefficient (Wildman–Crippen LogP) is 1.39. The van der Waals surface area contributed by atoms with Gasteiger partial charge in [0, 0.05) is 18.6 Å². The highest BCUT2D eigenvalue weighted by molar-refractivity contribution is 4.82. The second-order valence-corrected chi connectivity index (χ2v) is 5.75. The van der Waals surface area contributed by atoms with Crippen LogP contribution in [-0.2, 0) is 0 Å². The molecule has 1 heterocycles. The summed E-state index contributed by atoms with van der Waals surface area (Å²) in [7, 11) is 6.66. The van der Waals surface area contributed by atoms with Crippen molar-refractivity contribution in [1.29, 1.82) is 0 Å². The van der Waals surface area contributed by atoms with Crippen molar-refractivity contribution >= 4 is 0 Å².